The van der Waals surface area contributed by atoms with Crippen LogP contribution in [0.1, 0.15) is 20.3 Å². The summed E-state index contributed by atoms with van der Waals surface area (Å²) < 4.78 is 5.11. The highest BCUT2D eigenvalue weighted by molar-refractivity contribution is 5.84. The molecule has 3 heteroatoms. The van der Waals surface area contributed by atoms with Crippen molar-refractivity contribution in [1.29, 1.82) is 0 Å². The highest BCUT2D eigenvalue weighted by Crippen LogP contribution is 2.28. The summed E-state index contributed by atoms with van der Waals surface area (Å²) in [7, 11) is 0. The monoisotopic (exact) mass is 283 g/mol. The smallest absolute Gasteiger partial charge is 0.328 e. The van der Waals surface area contributed by atoms with Crippen LogP contribution in [0.3, 0.4) is 0 Å². The number of ether oxygens (including phenoxy) is 1. The van der Waals surface area contributed by atoms with E-state index in [-0.39, 0.29) is 12.0 Å². The normalized spacial score (nSPS) is 11.7. The van der Waals surface area contributed by atoms with Gasteiger partial charge >= 0.3 is 5.97 Å². The van der Waals surface area contributed by atoms with Crippen LogP contribution in [0.25, 0.3) is 11.1 Å². The molecule has 0 aliphatic heterocycles. The standard InChI is InChI=1S/C18H21NO2/c1-3-16(18(20)21-4-2)19-17-13-9-8-12-15(17)14-10-6-5-7-11-14/h5-13,16,19H,3-4H2,1-2H3. The lowest BCUT2D eigenvalue weighted by atomic mass is 10.0. The lowest BCUT2D eigenvalue weighted by molar-refractivity contribution is -0.144. The van der Waals surface area contributed by atoms with Gasteiger partial charge in [-0.25, -0.2) is 4.79 Å². The molecule has 21 heavy (non-hydrogen) atoms. The number of para-hydroxylation sites is 1. The second kappa shape index (κ2) is 7.48. The van der Waals surface area contributed by atoms with Crippen LogP contribution in [-0.2, 0) is 9.53 Å². The zero-order chi connectivity index (χ0) is 15.1. The molecular weight excluding hydrogens is 262 g/mol. The number of carbonyl (C=O) groups excluding carboxylic acids is 1. The minimum absolute atomic E-state index is 0.206. The van der Waals surface area contributed by atoms with Crippen LogP contribution >= 0.6 is 0 Å². The fourth-order valence-electron chi connectivity index (χ4n) is 2.24. The summed E-state index contributed by atoms with van der Waals surface area (Å²) in [4.78, 5) is 11.9. The SMILES string of the molecule is CCOC(=O)C(CC)Nc1ccccc1-c1ccccc1. The van der Waals surface area contributed by atoms with Crippen LogP contribution in [0.15, 0.2) is 54.6 Å². The molecule has 1 atom stereocenters. The molecule has 2 aromatic rings. The molecule has 0 aliphatic carbocycles. The summed E-state index contributed by atoms with van der Waals surface area (Å²) in [6.45, 7) is 4.19. The van der Waals surface area contributed by atoms with Gasteiger partial charge in [0.25, 0.3) is 0 Å². The lowest BCUT2D eigenvalue weighted by Gasteiger charge is -2.19. The molecule has 0 aliphatic rings. The third-order valence-corrected chi connectivity index (χ3v) is 3.32. The zero-order valence-electron chi connectivity index (χ0n) is 12.5. The van der Waals surface area contributed by atoms with Crippen molar-refractivity contribution < 1.29 is 9.53 Å². The maximum atomic E-state index is 11.9. The third-order valence-electron chi connectivity index (χ3n) is 3.32. The predicted molar refractivity (Wildman–Crippen MR) is 86.2 cm³/mol. The van der Waals surface area contributed by atoms with E-state index in [4.69, 9.17) is 4.74 Å². The van der Waals surface area contributed by atoms with Gasteiger partial charge < -0.3 is 10.1 Å². The Morgan fingerprint density at radius 1 is 1.05 bits per heavy atom. The summed E-state index contributed by atoms with van der Waals surface area (Å²) >= 11 is 0. The maximum Gasteiger partial charge on any atom is 0.328 e. The van der Waals surface area contributed by atoms with Gasteiger partial charge in [0, 0.05) is 11.3 Å². The van der Waals surface area contributed by atoms with Crippen molar-refractivity contribution in [2.45, 2.75) is 26.3 Å². The highest BCUT2D eigenvalue weighted by atomic mass is 16.5. The highest BCUT2D eigenvalue weighted by Gasteiger charge is 2.18. The fourth-order valence-corrected chi connectivity index (χ4v) is 2.24. The van der Waals surface area contributed by atoms with Gasteiger partial charge in [0.2, 0.25) is 0 Å². The molecule has 110 valence electrons. The first-order chi connectivity index (χ1) is 10.3. The topological polar surface area (TPSA) is 38.3 Å². The van der Waals surface area contributed by atoms with Crippen LogP contribution < -0.4 is 5.32 Å². The van der Waals surface area contributed by atoms with Gasteiger partial charge in [0.05, 0.1) is 6.61 Å². The molecule has 0 spiro atoms. The zero-order valence-corrected chi connectivity index (χ0v) is 12.5. The van der Waals surface area contributed by atoms with Crippen molar-refractivity contribution in [3.05, 3.63) is 54.6 Å². The van der Waals surface area contributed by atoms with Gasteiger partial charge in [0.1, 0.15) is 6.04 Å². The van der Waals surface area contributed by atoms with Crippen molar-refractivity contribution in [3.63, 3.8) is 0 Å². The molecule has 1 N–H and O–H groups in total. The number of esters is 1. The Bertz CT molecular complexity index is 581. The van der Waals surface area contributed by atoms with Crippen LogP contribution in [0.5, 0.6) is 0 Å². The number of hydrogen-bond acceptors (Lipinski definition) is 3. The summed E-state index contributed by atoms with van der Waals surface area (Å²) in [5.74, 6) is -0.206. The van der Waals surface area contributed by atoms with Crippen molar-refractivity contribution in [2.24, 2.45) is 0 Å². The molecule has 2 aromatic carbocycles. The Labute approximate surface area is 126 Å². The number of anilines is 1. The number of hydrogen-bond donors (Lipinski definition) is 1. The Kier molecular flexibility index (Phi) is 5.38. The average Bonchev–Trinajstić information content (AvgIpc) is 2.54. The summed E-state index contributed by atoms with van der Waals surface area (Å²) in [6, 6.07) is 17.8. The van der Waals surface area contributed by atoms with E-state index in [9.17, 15) is 4.79 Å². The van der Waals surface area contributed by atoms with E-state index in [0.717, 1.165) is 16.8 Å². The summed E-state index contributed by atoms with van der Waals surface area (Å²) in [5.41, 5.74) is 3.16. The molecule has 0 saturated heterocycles. The third kappa shape index (κ3) is 3.85. The van der Waals surface area contributed by atoms with Crippen molar-refractivity contribution in [1.82, 2.24) is 0 Å². The molecule has 2 rings (SSSR count). The van der Waals surface area contributed by atoms with E-state index in [0.29, 0.717) is 13.0 Å². The molecule has 0 bridgehead atoms. The first kappa shape index (κ1) is 15.1. The van der Waals surface area contributed by atoms with Crippen molar-refractivity contribution in [3.8, 4) is 11.1 Å². The Morgan fingerprint density at radius 3 is 2.38 bits per heavy atom. The minimum atomic E-state index is -0.324. The van der Waals surface area contributed by atoms with E-state index in [1.807, 2.05) is 50.2 Å². The quantitative estimate of drug-likeness (QED) is 0.811. The van der Waals surface area contributed by atoms with Crippen LogP contribution in [0.4, 0.5) is 5.69 Å². The minimum Gasteiger partial charge on any atom is -0.464 e. The molecular formula is C18H21NO2. The van der Waals surface area contributed by atoms with Crippen LogP contribution in [0, 0.1) is 0 Å². The van der Waals surface area contributed by atoms with E-state index in [1.165, 1.54) is 0 Å². The predicted octanol–water partition coefficient (Wildman–Crippen LogP) is 4.11. The van der Waals surface area contributed by atoms with Gasteiger partial charge in [-0.1, -0.05) is 55.5 Å². The molecule has 0 amide bonds. The molecule has 3 nitrogen and oxygen atoms in total. The van der Waals surface area contributed by atoms with Crippen LogP contribution in [0.2, 0.25) is 0 Å². The first-order valence-electron chi connectivity index (χ1n) is 7.33. The van der Waals surface area contributed by atoms with Crippen LogP contribution in [-0.4, -0.2) is 18.6 Å². The first-order valence-corrected chi connectivity index (χ1v) is 7.33. The summed E-state index contributed by atoms with van der Waals surface area (Å²) in [5, 5.41) is 3.31. The molecule has 0 fully saturated rings. The summed E-state index contributed by atoms with van der Waals surface area (Å²) in [6.07, 6.45) is 0.682. The Balaban J connectivity index is 2.26. The fraction of sp³-hybridized carbons (Fsp3) is 0.278. The second-order valence-electron chi connectivity index (χ2n) is 4.77. The van der Waals surface area contributed by atoms with Gasteiger partial charge in [-0.3, -0.25) is 0 Å². The number of rotatable bonds is 6. The van der Waals surface area contributed by atoms with Crippen molar-refractivity contribution in [2.75, 3.05) is 11.9 Å². The second-order valence-corrected chi connectivity index (χ2v) is 4.77. The van der Waals surface area contributed by atoms with E-state index >= 15 is 0 Å². The van der Waals surface area contributed by atoms with E-state index in [2.05, 4.69) is 23.5 Å². The average molecular weight is 283 g/mol. The number of carbonyl (C=O) groups is 1. The number of nitrogens with one attached hydrogen (secondary N) is 1. The lowest BCUT2D eigenvalue weighted by Crippen LogP contribution is -2.30. The molecule has 0 saturated carbocycles. The van der Waals surface area contributed by atoms with Crippen molar-refractivity contribution >= 4 is 11.7 Å². The maximum absolute atomic E-state index is 11.9. The van der Waals surface area contributed by atoms with E-state index in [1.54, 1.807) is 0 Å². The van der Waals surface area contributed by atoms with E-state index < -0.39 is 0 Å². The van der Waals surface area contributed by atoms with Gasteiger partial charge in [-0.2, -0.15) is 0 Å². The van der Waals surface area contributed by atoms with Gasteiger partial charge in [-0.05, 0) is 25.0 Å². The molecule has 0 heterocycles. The van der Waals surface area contributed by atoms with Gasteiger partial charge in [0.15, 0.2) is 0 Å². The molecule has 1 unspecified atom stereocenters. The van der Waals surface area contributed by atoms with Gasteiger partial charge in [-0.15, -0.1) is 0 Å². The largest absolute Gasteiger partial charge is 0.464 e. The molecule has 0 radical (unpaired) electrons. The molecule has 0 aromatic heterocycles. The number of benzene rings is 2. The Morgan fingerprint density at radius 2 is 1.71 bits per heavy atom. The Hall–Kier alpha value is -2.29.